The number of aromatic nitrogens is 1. The van der Waals surface area contributed by atoms with Crippen molar-refractivity contribution >= 4 is 10.9 Å². The van der Waals surface area contributed by atoms with Crippen LogP contribution in [-0.4, -0.2) is 36.5 Å². The molecule has 0 saturated carbocycles. The van der Waals surface area contributed by atoms with E-state index < -0.39 is 0 Å². The predicted octanol–water partition coefficient (Wildman–Crippen LogP) is 1.23. The molecular weight excluding hydrogens is 216 g/mol. The second kappa shape index (κ2) is 5.21. The largest absolute Gasteiger partial charge is 0.497 e. The van der Waals surface area contributed by atoms with Crippen molar-refractivity contribution in [3.63, 3.8) is 0 Å². The second-order valence-electron chi connectivity index (χ2n) is 4.06. The molecule has 1 aromatic heterocycles. The first-order valence-electron chi connectivity index (χ1n) is 5.69. The van der Waals surface area contributed by atoms with Gasteiger partial charge in [0.05, 0.1) is 13.7 Å². The summed E-state index contributed by atoms with van der Waals surface area (Å²) >= 11 is 0. The Morgan fingerprint density at radius 2 is 2.24 bits per heavy atom. The van der Waals surface area contributed by atoms with E-state index in [4.69, 9.17) is 4.74 Å². The molecule has 0 unspecified atom stereocenters. The molecule has 0 bridgehead atoms. The molecule has 17 heavy (non-hydrogen) atoms. The summed E-state index contributed by atoms with van der Waals surface area (Å²) in [5, 5.41) is 13.4. The molecule has 1 aromatic carbocycles. The van der Waals surface area contributed by atoms with Crippen molar-refractivity contribution in [2.45, 2.75) is 12.6 Å². The third-order valence-corrected chi connectivity index (χ3v) is 3.02. The Bertz CT molecular complexity index is 489. The Kier molecular flexibility index (Phi) is 3.66. The smallest absolute Gasteiger partial charge is 0.119 e. The van der Waals surface area contributed by atoms with Gasteiger partial charge >= 0.3 is 0 Å². The topological polar surface area (TPSA) is 46.4 Å². The van der Waals surface area contributed by atoms with Gasteiger partial charge in [0.2, 0.25) is 0 Å². The number of aliphatic hydroxyl groups excluding tert-OH is 1. The average molecular weight is 234 g/mol. The minimum absolute atomic E-state index is 0.0766. The highest BCUT2D eigenvalue weighted by atomic mass is 16.5. The number of fused-ring (bicyclic) bond motifs is 1. The number of hydrogen-bond acceptors (Lipinski definition) is 3. The lowest BCUT2D eigenvalue weighted by atomic mass is 10.2. The molecule has 0 radical (unpaired) electrons. The average Bonchev–Trinajstić information content (AvgIpc) is 2.78. The Morgan fingerprint density at radius 3 is 2.88 bits per heavy atom. The summed E-state index contributed by atoms with van der Waals surface area (Å²) in [6, 6.07) is 8.14. The molecule has 2 aromatic rings. The number of nitrogens with zero attached hydrogens (tertiary/aromatic N) is 1. The molecular formula is C13H18N2O2. The summed E-state index contributed by atoms with van der Waals surface area (Å²) < 4.78 is 7.32. The molecule has 2 N–H and O–H groups in total. The molecule has 0 fully saturated rings. The quantitative estimate of drug-likeness (QED) is 0.818. The minimum Gasteiger partial charge on any atom is -0.497 e. The van der Waals surface area contributed by atoms with E-state index in [9.17, 15) is 5.11 Å². The van der Waals surface area contributed by atoms with Crippen molar-refractivity contribution in [3.8, 4) is 5.75 Å². The molecule has 0 amide bonds. The first-order valence-corrected chi connectivity index (χ1v) is 5.69. The number of hydrogen-bond donors (Lipinski definition) is 2. The van der Waals surface area contributed by atoms with Crippen molar-refractivity contribution < 1.29 is 9.84 Å². The first-order chi connectivity index (χ1) is 8.28. The monoisotopic (exact) mass is 234 g/mol. The van der Waals surface area contributed by atoms with Gasteiger partial charge in [-0.3, -0.25) is 0 Å². The fraction of sp³-hybridized carbons (Fsp3) is 0.385. The van der Waals surface area contributed by atoms with E-state index in [-0.39, 0.29) is 12.6 Å². The van der Waals surface area contributed by atoms with Gasteiger partial charge in [-0.05, 0) is 31.3 Å². The fourth-order valence-corrected chi connectivity index (χ4v) is 1.94. The maximum Gasteiger partial charge on any atom is 0.119 e. The summed E-state index contributed by atoms with van der Waals surface area (Å²) in [6.45, 7) is 0.884. The fourth-order valence-electron chi connectivity index (χ4n) is 1.94. The van der Waals surface area contributed by atoms with Gasteiger partial charge in [-0.25, -0.2) is 0 Å². The number of ether oxygens (including phenoxy) is 1. The molecule has 4 nitrogen and oxygen atoms in total. The molecule has 0 aliphatic rings. The van der Waals surface area contributed by atoms with Crippen molar-refractivity contribution in [1.82, 2.24) is 9.88 Å². The molecule has 4 heteroatoms. The zero-order valence-electron chi connectivity index (χ0n) is 10.2. The number of methoxy groups -OCH3 is 1. The van der Waals surface area contributed by atoms with Crippen molar-refractivity contribution in [3.05, 3.63) is 30.5 Å². The van der Waals surface area contributed by atoms with E-state index in [0.29, 0.717) is 0 Å². The standard InChI is InChI=1S/C13H18N2O2/c1-14-11(9-16)8-15-6-5-10-7-12(17-2)3-4-13(10)15/h3-7,11,14,16H,8-9H2,1-2H3/t11-/m0/s1. The van der Waals surface area contributed by atoms with Crippen LogP contribution in [0.1, 0.15) is 0 Å². The van der Waals surface area contributed by atoms with Gasteiger partial charge in [0, 0.05) is 29.7 Å². The van der Waals surface area contributed by atoms with E-state index in [0.717, 1.165) is 23.2 Å². The Hall–Kier alpha value is -1.52. The van der Waals surface area contributed by atoms with Gasteiger partial charge in [-0.15, -0.1) is 0 Å². The molecule has 92 valence electrons. The van der Waals surface area contributed by atoms with Gasteiger partial charge in [-0.1, -0.05) is 0 Å². The third kappa shape index (κ3) is 2.43. The van der Waals surface area contributed by atoms with E-state index >= 15 is 0 Å². The maximum atomic E-state index is 9.18. The van der Waals surface area contributed by atoms with Crippen molar-refractivity contribution in [2.24, 2.45) is 0 Å². The number of benzene rings is 1. The highest BCUT2D eigenvalue weighted by Gasteiger charge is 2.08. The summed E-state index contributed by atoms with van der Waals surface area (Å²) in [4.78, 5) is 0. The summed E-state index contributed by atoms with van der Waals surface area (Å²) in [6.07, 6.45) is 2.03. The van der Waals surface area contributed by atoms with Crippen LogP contribution in [0.25, 0.3) is 10.9 Å². The van der Waals surface area contributed by atoms with Gasteiger partial charge in [0.25, 0.3) is 0 Å². The van der Waals surface area contributed by atoms with Crippen LogP contribution in [0.4, 0.5) is 0 Å². The molecule has 1 heterocycles. The van der Waals surface area contributed by atoms with Crippen LogP contribution in [0.15, 0.2) is 30.5 Å². The van der Waals surface area contributed by atoms with E-state index in [1.807, 2.05) is 31.4 Å². The van der Waals surface area contributed by atoms with Gasteiger partial charge in [0.15, 0.2) is 0 Å². The normalized spacial score (nSPS) is 12.9. The van der Waals surface area contributed by atoms with Crippen LogP contribution in [0.3, 0.4) is 0 Å². The molecule has 2 rings (SSSR count). The zero-order valence-corrected chi connectivity index (χ0v) is 10.2. The molecule has 1 atom stereocenters. The lowest BCUT2D eigenvalue weighted by Gasteiger charge is -2.14. The highest BCUT2D eigenvalue weighted by molar-refractivity contribution is 5.81. The van der Waals surface area contributed by atoms with Crippen LogP contribution in [0.5, 0.6) is 5.75 Å². The first kappa shape index (κ1) is 12.0. The Balaban J connectivity index is 2.30. The SMILES string of the molecule is CN[C@H](CO)Cn1ccc2cc(OC)ccc21. The number of aliphatic hydroxyl groups is 1. The number of likely N-dealkylation sites (N-methyl/N-ethyl adjacent to an activating group) is 1. The van der Waals surface area contributed by atoms with Gasteiger partial charge in [-0.2, -0.15) is 0 Å². The minimum atomic E-state index is 0.0766. The number of rotatable bonds is 5. The molecule has 0 spiro atoms. The Labute approximate surface area is 101 Å². The molecule has 0 aliphatic carbocycles. The van der Waals surface area contributed by atoms with Crippen LogP contribution in [-0.2, 0) is 6.54 Å². The van der Waals surface area contributed by atoms with Crippen LogP contribution < -0.4 is 10.1 Å². The summed E-state index contributed by atoms with van der Waals surface area (Å²) in [5.74, 6) is 0.863. The Morgan fingerprint density at radius 1 is 1.41 bits per heavy atom. The van der Waals surface area contributed by atoms with Gasteiger partial charge < -0.3 is 19.7 Å². The molecule has 0 saturated heterocycles. The lowest BCUT2D eigenvalue weighted by molar-refractivity contribution is 0.236. The maximum absolute atomic E-state index is 9.18. The second-order valence-corrected chi connectivity index (χ2v) is 4.06. The zero-order chi connectivity index (χ0) is 12.3. The van der Waals surface area contributed by atoms with E-state index in [2.05, 4.69) is 16.0 Å². The number of nitrogens with one attached hydrogen (secondary N) is 1. The van der Waals surface area contributed by atoms with Gasteiger partial charge in [0.1, 0.15) is 5.75 Å². The highest BCUT2D eigenvalue weighted by Crippen LogP contribution is 2.21. The van der Waals surface area contributed by atoms with Crippen molar-refractivity contribution in [1.29, 1.82) is 0 Å². The van der Waals surface area contributed by atoms with Crippen molar-refractivity contribution in [2.75, 3.05) is 20.8 Å². The van der Waals surface area contributed by atoms with E-state index in [1.54, 1.807) is 7.11 Å². The predicted molar refractivity (Wildman–Crippen MR) is 68.4 cm³/mol. The van der Waals surface area contributed by atoms with Crippen LogP contribution >= 0.6 is 0 Å². The third-order valence-electron chi connectivity index (χ3n) is 3.02. The van der Waals surface area contributed by atoms with E-state index in [1.165, 1.54) is 0 Å². The van der Waals surface area contributed by atoms with Crippen LogP contribution in [0, 0.1) is 0 Å². The summed E-state index contributed by atoms with van der Waals surface area (Å²) in [5.41, 5.74) is 1.15. The molecule has 0 aliphatic heterocycles. The summed E-state index contributed by atoms with van der Waals surface area (Å²) in [7, 11) is 3.52. The lowest BCUT2D eigenvalue weighted by Crippen LogP contribution is -2.33. The van der Waals surface area contributed by atoms with Crippen LogP contribution in [0.2, 0.25) is 0 Å².